The summed E-state index contributed by atoms with van der Waals surface area (Å²) < 4.78 is 2.12. The van der Waals surface area contributed by atoms with Crippen molar-refractivity contribution in [1.82, 2.24) is 29.9 Å². The predicted octanol–water partition coefficient (Wildman–Crippen LogP) is 3.43. The Morgan fingerprint density at radius 1 is 1.17 bits per heavy atom. The number of H-pyrrole nitrogens is 1. The molecule has 164 valence electrons. The van der Waals surface area contributed by atoms with Crippen molar-refractivity contribution in [2.45, 2.75) is 71.8 Å². The minimum absolute atomic E-state index is 0.317. The van der Waals surface area contributed by atoms with Gasteiger partial charge in [0.1, 0.15) is 5.69 Å². The number of aromatic amines is 1. The minimum atomic E-state index is 0.317. The summed E-state index contributed by atoms with van der Waals surface area (Å²) in [6.45, 7) is 10.3. The summed E-state index contributed by atoms with van der Waals surface area (Å²) in [4.78, 5) is 16.9. The number of carbonyl (C=O) groups is 1. The molecule has 1 N–H and O–H groups in total. The Balaban J connectivity index is 1.37. The number of anilines is 1. The molecule has 2 aromatic rings. The predicted molar refractivity (Wildman–Crippen MR) is 117 cm³/mol. The molecule has 2 fully saturated rings. The van der Waals surface area contributed by atoms with Gasteiger partial charge in [-0.2, -0.15) is 5.10 Å². The molecule has 4 rings (SSSR count). The summed E-state index contributed by atoms with van der Waals surface area (Å²) in [5.41, 5.74) is 1.93. The number of piperazine rings is 1. The second-order valence-electron chi connectivity index (χ2n) is 8.99. The summed E-state index contributed by atoms with van der Waals surface area (Å²) in [6.07, 6.45) is 7.07. The first-order valence-corrected chi connectivity index (χ1v) is 11.6. The topological polar surface area (TPSA) is 82.9 Å². The number of carbonyl (C=O) groups excluding carboxylic acids is 1. The highest BCUT2D eigenvalue weighted by Crippen LogP contribution is 2.29. The van der Waals surface area contributed by atoms with Gasteiger partial charge in [0, 0.05) is 44.8 Å². The minimum Gasteiger partial charge on any atom is -0.339 e. The van der Waals surface area contributed by atoms with Gasteiger partial charge in [0.15, 0.2) is 5.82 Å². The van der Waals surface area contributed by atoms with E-state index in [0.29, 0.717) is 18.2 Å². The molecule has 2 aliphatic rings. The fraction of sp³-hybridized carbons (Fsp3) is 0.727. The first kappa shape index (κ1) is 20.9. The maximum absolute atomic E-state index is 12.6. The monoisotopic (exact) mass is 413 g/mol. The van der Waals surface area contributed by atoms with Crippen LogP contribution in [0, 0.1) is 5.92 Å². The van der Waals surface area contributed by atoms with E-state index < -0.39 is 0 Å². The van der Waals surface area contributed by atoms with E-state index in [0.717, 1.165) is 68.2 Å². The largest absolute Gasteiger partial charge is 0.339 e. The average molecular weight is 414 g/mol. The fourth-order valence-electron chi connectivity index (χ4n) is 4.70. The summed E-state index contributed by atoms with van der Waals surface area (Å²) in [7, 11) is 0. The molecule has 0 atom stereocenters. The quantitative estimate of drug-likeness (QED) is 0.752. The molecule has 1 aliphatic heterocycles. The van der Waals surface area contributed by atoms with Crippen LogP contribution in [-0.4, -0.2) is 61.9 Å². The van der Waals surface area contributed by atoms with Crippen molar-refractivity contribution in [3.8, 4) is 11.5 Å². The molecule has 0 spiro atoms. The lowest BCUT2D eigenvalue weighted by Gasteiger charge is -2.35. The molecule has 0 aromatic carbocycles. The Bertz CT molecular complexity index is 842. The van der Waals surface area contributed by atoms with Crippen molar-refractivity contribution in [3.05, 3.63) is 11.8 Å². The van der Waals surface area contributed by atoms with Crippen LogP contribution in [0.4, 0.5) is 5.95 Å². The van der Waals surface area contributed by atoms with Gasteiger partial charge in [-0.15, -0.1) is 10.2 Å². The van der Waals surface area contributed by atoms with Gasteiger partial charge < -0.3 is 9.80 Å². The van der Waals surface area contributed by atoms with Crippen LogP contribution in [0.15, 0.2) is 6.07 Å². The maximum atomic E-state index is 12.6. The van der Waals surface area contributed by atoms with Gasteiger partial charge in [-0.1, -0.05) is 39.5 Å². The standard InChI is InChI=1S/C22H35N7O/c1-4-29-21(19-15-18(16(2)3)23-24-19)25-26-22(29)28-13-11-27(12-14-28)20(30)10-9-17-7-5-6-8-17/h15-17H,4-14H2,1-3H3,(H,23,24). The summed E-state index contributed by atoms with van der Waals surface area (Å²) in [6, 6.07) is 2.06. The summed E-state index contributed by atoms with van der Waals surface area (Å²) in [5.74, 6) is 3.15. The van der Waals surface area contributed by atoms with E-state index in [2.05, 4.69) is 56.7 Å². The zero-order valence-electron chi connectivity index (χ0n) is 18.6. The van der Waals surface area contributed by atoms with E-state index in [1.54, 1.807) is 0 Å². The van der Waals surface area contributed by atoms with E-state index in [-0.39, 0.29) is 0 Å². The zero-order valence-corrected chi connectivity index (χ0v) is 18.6. The average Bonchev–Trinajstić information content (AvgIpc) is 3.52. The Hall–Kier alpha value is -2.38. The van der Waals surface area contributed by atoms with E-state index in [9.17, 15) is 4.79 Å². The second kappa shape index (κ2) is 9.18. The van der Waals surface area contributed by atoms with Crippen molar-refractivity contribution >= 4 is 11.9 Å². The molecule has 1 amide bonds. The van der Waals surface area contributed by atoms with Crippen molar-refractivity contribution in [3.63, 3.8) is 0 Å². The Labute approximate surface area is 179 Å². The highest BCUT2D eigenvalue weighted by molar-refractivity contribution is 5.76. The number of hydrogen-bond donors (Lipinski definition) is 1. The normalized spacial score (nSPS) is 18.0. The molecule has 0 unspecified atom stereocenters. The number of rotatable bonds is 7. The molecule has 8 nitrogen and oxygen atoms in total. The molecule has 3 heterocycles. The molecular weight excluding hydrogens is 378 g/mol. The van der Waals surface area contributed by atoms with Crippen molar-refractivity contribution in [2.24, 2.45) is 5.92 Å². The van der Waals surface area contributed by atoms with Gasteiger partial charge in [-0.05, 0) is 31.2 Å². The first-order valence-electron chi connectivity index (χ1n) is 11.6. The van der Waals surface area contributed by atoms with Crippen LogP contribution in [0.1, 0.15) is 70.9 Å². The van der Waals surface area contributed by atoms with Crippen molar-refractivity contribution in [2.75, 3.05) is 31.1 Å². The van der Waals surface area contributed by atoms with Gasteiger partial charge >= 0.3 is 0 Å². The molecule has 1 aliphatic carbocycles. The van der Waals surface area contributed by atoms with Crippen molar-refractivity contribution in [1.29, 1.82) is 0 Å². The molecule has 30 heavy (non-hydrogen) atoms. The lowest BCUT2D eigenvalue weighted by molar-refractivity contribution is -0.131. The molecule has 0 bridgehead atoms. The third-order valence-electron chi connectivity index (χ3n) is 6.65. The van der Waals surface area contributed by atoms with Gasteiger partial charge in [0.25, 0.3) is 0 Å². The highest BCUT2D eigenvalue weighted by atomic mass is 16.2. The number of aromatic nitrogens is 5. The number of hydrogen-bond acceptors (Lipinski definition) is 5. The first-order chi connectivity index (χ1) is 14.6. The molecule has 8 heteroatoms. The van der Waals surface area contributed by atoms with Gasteiger partial charge in [0.05, 0.1) is 0 Å². The van der Waals surface area contributed by atoms with Crippen LogP contribution in [0.3, 0.4) is 0 Å². The second-order valence-corrected chi connectivity index (χ2v) is 8.99. The van der Waals surface area contributed by atoms with E-state index >= 15 is 0 Å². The molecule has 0 radical (unpaired) electrons. The van der Waals surface area contributed by atoms with E-state index in [1.165, 1.54) is 25.7 Å². The van der Waals surface area contributed by atoms with Gasteiger partial charge in [-0.3, -0.25) is 14.5 Å². The van der Waals surface area contributed by atoms with Crippen LogP contribution in [0.2, 0.25) is 0 Å². The van der Waals surface area contributed by atoms with Crippen LogP contribution < -0.4 is 4.90 Å². The molecule has 1 saturated carbocycles. The van der Waals surface area contributed by atoms with Crippen LogP contribution in [-0.2, 0) is 11.3 Å². The SMILES string of the molecule is CCn1c(-c2cc(C(C)C)[nH]n2)nnc1N1CCN(C(=O)CCC2CCCC2)CC1. The third kappa shape index (κ3) is 4.37. The van der Waals surface area contributed by atoms with Crippen molar-refractivity contribution < 1.29 is 4.79 Å². The van der Waals surface area contributed by atoms with E-state index in [4.69, 9.17) is 0 Å². The fourth-order valence-corrected chi connectivity index (χ4v) is 4.70. The summed E-state index contributed by atoms with van der Waals surface area (Å²) >= 11 is 0. The molecular formula is C22H35N7O. The number of nitrogens with one attached hydrogen (secondary N) is 1. The van der Waals surface area contributed by atoms with Gasteiger partial charge in [-0.25, -0.2) is 0 Å². The smallest absolute Gasteiger partial charge is 0.227 e. The number of amides is 1. The third-order valence-corrected chi connectivity index (χ3v) is 6.65. The Morgan fingerprint density at radius 3 is 2.53 bits per heavy atom. The lowest BCUT2D eigenvalue weighted by Crippen LogP contribution is -2.49. The van der Waals surface area contributed by atoms with Crippen LogP contribution in [0.5, 0.6) is 0 Å². The Morgan fingerprint density at radius 2 is 1.90 bits per heavy atom. The zero-order chi connectivity index (χ0) is 21.1. The molecule has 1 saturated heterocycles. The van der Waals surface area contributed by atoms with Crippen LogP contribution >= 0.6 is 0 Å². The van der Waals surface area contributed by atoms with Gasteiger partial charge in [0.2, 0.25) is 11.9 Å². The Kier molecular flexibility index (Phi) is 6.39. The molecule has 2 aromatic heterocycles. The number of nitrogens with zero attached hydrogens (tertiary/aromatic N) is 6. The lowest BCUT2D eigenvalue weighted by atomic mass is 10.0. The van der Waals surface area contributed by atoms with E-state index in [1.807, 2.05) is 4.90 Å². The van der Waals surface area contributed by atoms with Crippen LogP contribution in [0.25, 0.3) is 11.5 Å². The summed E-state index contributed by atoms with van der Waals surface area (Å²) in [5, 5.41) is 16.5. The highest BCUT2D eigenvalue weighted by Gasteiger charge is 2.26. The maximum Gasteiger partial charge on any atom is 0.227 e.